The quantitative estimate of drug-likeness (QED) is 0.629. The molecule has 0 amide bonds. The van der Waals surface area contributed by atoms with E-state index in [1.807, 2.05) is 41.9 Å². The van der Waals surface area contributed by atoms with E-state index in [0.29, 0.717) is 11.0 Å². The van der Waals surface area contributed by atoms with Gasteiger partial charge in [-0.25, -0.2) is 4.98 Å². The number of ketones is 1. The lowest BCUT2D eigenvalue weighted by molar-refractivity contribution is 0.101. The number of nitrogens with zero attached hydrogens (tertiary/aromatic N) is 1. The standard InChI is InChI=1S/C15H14N2O2/c1-11(18)15-13(7-8-14(17-15)10-16-19)9-12-5-3-2-4-6-12/h2-10,16,19H,1H3/b13-9-,14-10?. The Morgan fingerprint density at radius 1 is 1.21 bits per heavy atom. The molecule has 0 bridgehead atoms. The Morgan fingerprint density at radius 2 is 1.95 bits per heavy atom. The molecule has 0 aliphatic rings. The largest absolute Gasteiger partial charge is 0.293 e. The highest BCUT2D eigenvalue weighted by Crippen LogP contribution is 1.99. The third-order valence-corrected chi connectivity index (χ3v) is 2.62. The van der Waals surface area contributed by atoms with E-state index in [9.17, 15) is 4.79 Å². The van der Waals surface area contributed by atoms with Gasteiger partial charge < -0.3 is 0 Å². The van der Waals surface area contributed by atoms with E-state index >= 15 is 0 Å². The van der Waals surface area contributed by atoms with Crippen molar-refractivity contribution in [1.29, 1.82) is 0 Å². The first kappa shape index (κ1) is 13.0. The smallest absolute Gasteiger partial charge is 0.178 e. The summed E-state index contributed by atoms with van der Waals surface area (Å²) in [5.41, 5.74) is 3.30. The Labute approximate surface area is 110 Å². The number of rotatable bonds is 3. The molecule has 1 aromatic heterocycles. The Hall–Kier alpha value is -2.46. The second-order valence-electron chi connectivity index (χ2n) is 4.06. The minimum atomic E-state index is -0.115. The van der Waals surface area contributed by atoms with Gasteiger partial charge >= 0.3 is 0 Å². The van der Waals surface area contributed by atoms with Crippen LogP contribution >= 0.6 is 0 Å². The lowest BCUT2D eigenvalue weighted by atomic mass is 10.1. The summed E-state index contributed by atoms with van der Waals surface area (Å²) in [5.74, 6) is -0.115. The number of carbonyl (C=O) groups excluding carboxylic acids is 1. The van der Waals surface area contributed by atoms with Gasteiger partial charge in [-0.2, -0.15) is 0 Å². The zero-order chi connectivity index (χ0) is 13.7. The average molecular weight is 254 g/mol. The van der Waals surface area contributed by atoms with Gasteiger partial charge in [0.25, 0.3) is 0 Å². The van der Waals surface area contributed by atoms with Gasteiger partial charge in [0.2, 0.25) is 0 Å². The van der Waals surface area contributed by atoms with Crippen molar-refractivity contribution in [3.63, 3.8) is 0 Å². The van der Waals surface area contributed by atoms with E-state index in [1.54, 1.807) is 12.1 Å². The van der Waals surface area contributed by atoms with Gasteiger partial charge in [0.1, 0.15) is 5.69 Å². The monoisotopic (exact) mass is 254 g/mol. The fraction of sp³-hybridized carbons (Fsp3) is 0.0667. The number of hydrogen-bond acceptors (Lipinski definition) is 4. The molecule has 0 saturated heterocycles. The first-order valence-corrected chi connectivity index (χ1v) is 5.85. The van der Waals surface area contributed by atoms with E-state index in [1.165, 1.54) is 13.1 Å². The molecule has 0 unspecified atom stereocenters. The van der Waals surface area contributed by atoms with Crippen molar-refractivity contribution in [3.8, 4) is 0 Å². The maximum atomic E-state index is 11.6. The molecular formula is C15H14N2O2. The van der Waals surface area contributed by atoms with E-state index in [-0.39, 0.29) is 5.78 Å². The van der Waals surface area contributed by atoms with Gasteiger partial charge in [-0.15, -0.1) is 0 Å². The highest BCUT2D eigenvalue weighted by molar-refractivity contribution is 5.92. The predicted molar refractivity (Wildman–Crippen MR) is 72.9 cm³/mol. The summed E-state index contributed by atoms with van der Waals surface area (Å²) in [6.07, 6.45) is 3.22. The molecule has 19 heavy (non-hydrogen) atoms. The van der Waals surface area contributed by atoms with E-state index in [4.69, 9.17) is 5.21 Å². The number of Topliss-reactive ketones (excluding diaryl/α,β-unsaturated/α-hetero) is 1. The first-order chi connectivity index (χ1) is 9.20. The first-order valence-electron chi connectivity index (χ1n) is 5.85. The van der Waals surface area contributed by atoms with Crippen LogP contribution in [-0.4, -0.2) is 16.0 Å². The third kappa shape index (κ3) is 3.26. The van der Waals surface area contributed by atoms with Gasteiger partial charge in [0.15, 0.2) is 5.78 Å². The van der Waals surface area contributed by atoms with Crippen LogP contribution in [0.15, 0.2) is 42.5 Å². The molecule has 0 atom stereocenters. The van der Waals surface area contributed by atoms with Crippen molar-refractivity contribution in [2.24, 2.45) is 0 Å². The van der Waals surface area contributed by atoms with E-state index in [0.717, 1.165) is 10.8 Å². The molecule has 4 nitrogen and oxygen atoms in total. The maximum absolute atomic E-state index is 11.6. The van der Waals surface area contributed by atoms with Gasteiger partial charge in [-0.3, -0.25) is 15.5 Å². The van der Waals surface area contributed by atoms with Crippen molar-refractivity contribution >= 4 is 18.1 Å². The van der Waals surface area contributed by atoms with Crippen LogP contribution in [0.4, 0.5) is 0 Å². The fourth-order valence-electron chi connectivity index (χ4n) is 1.76. The van der Waals surface area contributed by atoms with Crippen molar-refractivity contribution < 1.29 is 10.0 Å². The van der Waals surface area contributed by atoms with E-state index < -0.39 is 0 Å². The summed E-state index contributed by atoms with van der Waals surface area (Å²) in [6.45, 7) is 1.47. The highest BCUT2D eigenvalue weighted by atomic mass is 16.5. The highest BCUT2D eigenvalue weighted by Gasteiger charge is 2.03. The SMILES string of the molecule is CC(=O)c1nc(=CNO)cc/c1=C/c1ccccc1. The summed E-state index contributed by atoms with van der Waals surface area (Å²) in [6, 6.07) is 13.3. The second kappa shape index (κ2) is 5.93. The van der Waals surface area contributed by atoms with Crippen LogP contribution in [0.25, 0.3) is 12.3 Å². The minimum absolute atomic E-state index is 0.115. The van der Waals surface area contributed by atoms with Crippen LogP contribution in [0, 0.1) is 0 Å². The number of aromatic nitrogens is 1. The number of hydrogen-bond donors (Lipinski definition) is 2. The number of benzene rings is 1. The fourth-order valence-corrected chi connectivity index (χ4v) is 1.76. The number of hydroxylamine groups is 1. The zero-order valence-corrected chi connectivity index (χ0v) is 10.5. The van der Waals surface area contributed by atoms with Gasteiger partial charge in [-0.05, 0) is 17.7 Å². The molecule has 0 aliphatic carbocycles. The van der Waals surface area contributed by atoms with Crippen LogP contribution in [0.1, 0.15) is 23.0 Å². The predicted octanol–water partition coefficient (Wildman–Crippen LogP) is 0.830. The van der Waals surface area contributed by atoms with Crippen molar-refractivity contribution in [2.45, 2.75) is 6.92 Å². The number of pyridine rings is 1. The molecule has 4 heteroatoms. The molecule has 2 rings (SSSR count). The topological polar surface area (TPSA) is 62.2 Å². The summed E-state index contributed by atoms with van der Waals surface area (Å²) < 4.78 is 0. The van der Waals surface area contributed by atoms with E-state index in [2.05, 4.69) is 4.98 Å². The second-order valence-corrected chi connectivity index (χ2v) is 4.06. The molecule has 1 heterocycles. The van der Waals surface area contributed by atoms with Crippen molar-refractivity contribution in [3.05, 3.63) is 64.3 Å². The Bertz CT molecular complexity index is 694. The summed E-state index contributed by atoms with van der Waals surface area (Å²) in [5, 5.41) is 9.87. The molecule has 0 spiro atoms. The molecule has 0 saturated carbocycles. The van der Waals surface area contributed by atoms with Crippen LogP contribution in [0.3, 0.4) is 0 Å². The van der Waals surface area contributed by atoms with Crippen LogP contribution in [-0.2, 0) is 0 Å². The number of nitrogens with one attached hydrogen (secondary N) is 1. The van der Waals surface area contributed by atoms with Crippen LogP contribution < -0.4 is 16.0 Å². The molecule has 96 valence electrons. The molecule has 0 aliphatic heterocycles. The van der Waals surface area contributed by atoms with Crippen LogP contribution in [0.2, 0.25) is 0 Å². The van der Waals surface area contributed by atoms with Gasteiger partial charge in [-0.1, -0.05) is 36.4 Å². The Morgan fingerprint density at radius 3 is 2.58 bits per heavy atom. The summed E-state index contributed by atoms with van der Waals surface area (Å²) in [4.78, 5) is 15.8. The van der Waals surface area contributed by atoms with Crippen LogP contribution in [0.5, 0.6) is 0 Å². The Kier molecular flexibility index (Phi) is 4.05. The lowest BCUT2D eigenvalue weighted by Gasteiger charge is -1.98. The van der Waals surface area contributed by atoms with Crippen molar-refractivity contribution in [1.82, 2.24) is 10.5 Å². The van der Waals surface area contributed by atoms with Gasteiger partial charge in [0, 0.05) is 18.3 Å². The van der Waals surface area contributed by atoms with Crippen molar-refractivity contribution in [2.75, 3.05) is 0 Å². The lowest BCUT2D eigenvalue weighted by Crippen LogP contribution is -2.24. The average Bonchev–Trinajstić information content (AvgIpc) is 2.42. The maximum Gasteiger partial charge on any atom is 0.178 e. The minimum Gasteiger partial charge on any atom is -0.293 e. The molecule has 0 fully saturated rings. The third-order valence-electron chi connectivity index (χ3n) is 2.62. The molecule has 1 aromatic carbocycles. The molecule has 2 aromatic rings. The Balaban J connectivity index is 2.61. The summed E-state index contributed by atoms with van der Waals surface area (Å²) >= 11 is 0. The number of carbonyl (C=O) groups is 1. The normalized spacial score (nSPS) is 12.5. The zero-order valence-electron chi connectivity index (χ0n) is 10.5. The molecule has 2 N–H and O–H groups in total. The van der Waals surface area contributed by atoms with Gasteiger partial charge in [0.05, 0.1) is 5.35 Å². The summed E-state index contributed by atoms with van der Waals surface area (Å²) in [7, 11) is 0. The molecular weight excluding hydrogens is 240 g/mol. The molecule has 0 radical (unpaired) electrons.